The lowest BCUT2D eigenvalue weighted by Gasteiger charge is -2.12. The van der Waals surface area contributed by atoms with Gasteiger partial charge in [0.05, 0.1) is 21.3 Å². The molecule has 0 aliphatic carbocycles. The fourth-order valence-electron chi connectivity index (χ4n) is 2.69. The molecule has 0 saturated heterocycles. The maximum Gasteiger partial charge on any atom is 0.268 e. The summed E-state index contributed by atoms with van der Waals surface area (Å²) >= 11 is 0. The van der Waals surface area contributed by atoms with Gasteiger partial charge in [0.15, 0.2) is 11.5 Å². The van der Waals surface area contributed by atoms with Crippen LogP contribution in [-0.2, 0) is 0 Å². The monoisotopic (exact) mass is 352 g/mol. The smallest absolute Gasteiger partial charge is 0.268 e. The predicted octanol–water partition coefficient (Wildman–Crippen LogP) is 3.08. The molecule has 0 aliphatic rings. The van der Waals surface area contributed by atoms with E-state index < -0.39 is 0 Å². The Balaban J connectivity index is 1.76. The zero-order chi connectivity index (χ0) is 18.1. The minimum Gasteiger partial charge on any atom is -0.493 e. The van der Waals surface area contributed by atoms with Gasteiger partial charge in [0.1, 0.15) is 11.3 Å². The number of nitrogens with zero attached hydrogens (tertiary/aromatic N) is 4. The van der Waals surface area contributed by atoms with Gasteiger partial charge in [0, 0.05) is 18.0 Å². The summed E-state index contributed by atoms with van der Waals surface area (Å²) in [4.78, 5) is 4.48. The van der Waals surface area contributed by atoms with E-state index in [9.17, 15) is 0 Å². The van der Waals surface area contributed by atoms with Crippen LogP contribution in [0.2, 0.25) is 0 Å². The van der Waals surface area contributed by atoms with Crippen molar-refractivity contribution in [2.75, 3.05) is 21.3 Å². The average Bonchev–Trinajstić information content (AvgIpc) is 3.33. The van der Waals surface area contributed by atoms with Crippen LogP contribution >= 0.6 is 0 Å². The third kappa shape index (κ3) is 2.61. The summed E-state index contributed by atoms with van der Waals surface area (Å²) in [6.07, 6.45) is 3.74. The lowest BCUT2D eigenvalue weighted by atomic mass is 10.2. The van der Waals surface area contributed by atoms with E-state index in [1.54, 1.807) is 33.5 Å². The number of aromatic nitrogens is 4. The molecule has 0 saturated carbocycles. The zero-order valence-corrected chi connectivity index (χ0v) is 14.5. The summed E-state index contributed by atoms with van der Waals surface area (Å²) in [6, 6.07) is 9.25. The first-order valence-corrected chi connectivity index (χ1v) is 7.81. The molecule has 0 unspecified atom stereocenters. The average molecular weight is 352 g/mol. The standard InChI is InChI=1S/C18H16N4O4/c1-23-13-8-11(9-14(24-2)16(13)25-3)17-20-21-18(26-17)12-10-22-7-5-4-6-15(22)19-12/h4-10H,1-3H3. The van der Waals surface area contributed by atoms with E-state index in [1.807, 2.05) is 35.0 Å². The first kappa shape index (κ1) is 15.9. The van der Waals surface area contributed by atoms with Crippen LogP contribution in [0.5, 0.6) is 17.2 Å². The minimum atomic E-state index is 0.330. The third-order valence-corrected chi connectivity index (χ3v) is 3.92. The second kappa shape index (κ2) is 6.40. The van der Waals surface area contributed by atoms with Crippen LogP contribution in [0.25, 0.3) is 28.7 Å². The highest BCUT2D eigenvalue weighted by Crippen LogP contribution is 2.41. The Bertz CT molecular complexity index is 1010. The topological polar surface area (TPSA) is 83.9 Å². The summed E-state index contributed by atoms with van der Waals surface area (Å²) < 4.78 is 23.7. The van der Waals surface area contributed by atoms with Gasteiger partial charge in [0.25, 0.3) is 5.89 Å². The predicted molar refractivity (Wildman–Crippen MR) is 93.6 cm³/mol. The van der Waals surface area contributed by atoms with E-state index in [2.05, 4.69) is 15.2 Å². The van der Waals surface area contributed by atoms with Gasteiger partial charge < -0.3 is 23.0 Å². The Hall–Kier alpha value is -3.55. The van der Waals surface area contributed by atoms with Crippen molar-refractivity contribution in [3.05, 3.63) is 42.7 Å². The van der Waals surface area contributed by atoms with Gasteiger partial charge in [0.2, 0.25) is 11.6 Å². The molecular formula is C18H16N4O4. The number of pyridine rings is 1. The van der Waals surface area contributed by atoms with Crippen molar-refractivity contribution in [2.24, 2.45) is 0 Å². The highest BCUT2D eigenvalue weighted by Gasteiger charge is 2.19. The summed E-state index contributed by atoms with van der Waals surface area (Å²) in [6.45, 7) is 0. The van der Waals surface area contributed by atoms with Crippen LogP contribution in [0.15, 0.2) is 47.1 Å². The summed E-state index contributed by atoms with van der Waals surface area (Å²) in [5.41, 5.74) is 2.06. The number of hydrogen-bond donors (Lipinski definition) is 0. The van der Waals surface area contributed by atoms with Crippen molar-refractivity contribution in [1.82, 2.24) is 19.6 Å². The molecule has 0 bridgehead atoms. The summed E-state index contributed by atoms with van der Waals surface area (Å²) in [5.74, 6) is 2.18. The molecule has 0 spiro atoms. The van der Waals surface area contributed by atoms with Crippen LogP contribution in [0.1, 0.15) is 0 Å². The molecule has 1 aromatic carbocycles. The zero-order valence-electron chi connectivity index (χ0n) is 14.5. The molecule has 26 heavy (non-hydrogen) atoms. The first-order chi connectivity index (χ1) is 12.7. The number of methoxy groups -OCH3 is 3. The lowest BCUT2D eigenvalue weighted by molar-refractivity contribution is 0.324. The van der Waals surface area contributed by atoms with Gasteiger partial charge in [-0.15, -0.1) is 10.2 Å². The van der Waals surface area contributed by atoms with E-state index in [0.29, 0.717) is 40.3 Å². The first-order valence-electron chi connectivity index (χ1n) is 7.81. The SMILES string of the molecule is COc1cc(-c2nnc(-c3cn4ccccc4n3)o2)cc(OC)c1OC. The third-order valence-electron chi connectivity index (χ3n) is 3.92. The maximum atomic E-state index is 5.81. The normalized spacial score (nSPS) is 10.9. The molecule has 0 atom stereocenters. The second-order valence-electron chi connectivity index (χ2n) is 5.42. The molecule has 132 valence electrons. The van der Waals surface area contributed by atoms with Crippen molar-refractivity contribution < 1.29 is 18.6 Å². The molecular weight excluding hydrogens is 336 g/mol. The number of rotatable bonds is 5. The Morgan fingerprint density at radius 1 is 0.923 bits per heavy atom. The van der Waals surface area contributed by atoms with E-state index >= 15 is 0 Å². The number of imidazole rings is 1. The Morgan fingerprint density at radius 2 is 1.65 bits per heavy atom. The van der Waals surface area contributed by atoms with Gasteiger partial charge >= 0.3 is 0 Å². The molecule has 4 rings (SSSR count). The Labute approximate surface area is 149 Å². The molecule has 0 amide bonds. The van der Waals surface area contributed by atoms with Gasteiger partial charge in [-0.1, -0.05) is 6.07 Å². The second-order valence-corrected chi connectivity index (χ2v) is 5.42. The van der Waals surface area contributed by atoms with Gasteiger partial charge in [-0.2, -0.15) is 0 Å². The van der Waals surface area contributed by atoms with Crippen molar-refractivity contribution in [1.29, 1.82) is 0 Å². The summed E-state index contributed by atoms with van der Waals surface area (Å²) in [7, 11) is 4.65. The molecule has 0 fully saturated rings. The molecule has 3 aromatic heterocycles. The molecule has 4 aromatic rings. The number of fused-ring (bicyclic) bond motifs is 1. The lowest BCUT2D eigenvalue weighted by Crippen LogP contribution is -1.95. The highest BCUT2D eigenvalue weighted by atomic mass is 16.5. The van der Waals surface area contributed by atoms with E-state index in [0.717, 1.165) is 5.65 Å². The molecule has 0 radical (unpaired) electrons. The van der Waals surface area contributed by atoms with E-state index in [4.69, 9.17) is 18.6 Å². The van der Waals surface area contributed by atoms with Gasteiger partial charge in [-0.3, -0.25) is 0 Å². The maximum absolute atomic E-state index is 5.81. The van der Waals surface area contributed by atoms with E-state index in [-0.39, 0.29) is 0 Å². The number of benzene rings is 1. The Kier molecular flexibility index (Phi) is 3.92. The van der Waals surface area contributed by atoms with Crippen LogP contribution < -0.4 is 14.2 Å². The fourth-order valence-corrected chi connectivity index (χ4v) is 2.69. The van der Waals surface area contributed by atoms with E-state index in [1.165, 1.54) is 0 Å². The van der Waals surface area contributed by atoms with Gasteiger partial charge in [-0.25, -0.2) is 4.98 Å². The van der Waals surface area contributed by atoms with Gasteiger partial charge in [-0.05, 0) is 24.3 Å². The van der Waals surface area contributed by atoms with Crippen LogP contribution in [0, 0.1) is 0 Å². The molecule has 8 nitrogen and oxygen atoms in total. The number of ether oxygens (including phenoxy) is 3. The van der Waals surface area contributed by atoms with Crippen molar-refractivity contribution in [2.45, 2.75) is 0 Å². The van der Waals surface area contributed by atoms with Crippen LogP contribution in [-0.4, -0.2) is 40.9 Å². The highest BCUT2D eigenvalue weighted by molar-refractivity contribution is 5.66. The summed E-state index contributed by atoms with van der Waals surface area (Å²) in [5, 5.41) is 8.23. The molecule has 8 heteroatoms. The number of hydrogen-bond acceptors (Lipinski definition) is 7. The van der Waals surface area contributed by atoms with Crippen molar-refractivity contribution >= 4 is 5.65 Å². The molecule has 0 aliphatic heterocycles. The minimum absolute atomic E-state index is 0.330. The van der Waals surface area contributed by atoms with Crippen LogP contribution in [0.3, 0.4) is 0 Å². The Morgan fingerprint density at radius 3 is 2.31 bits per heavy atom. The van der Waals surface area contributed by atoms with Crippen molar-refractivity contribution in [3.8, 4) is 40.3 Å². The fraction of sp³-hybridized carbons (Fsp3) is 0.167. The van der Waals surface area contributed by atoms with Crippen molar-refractivity contribution in [3.63, 3.8) is 0 Å². The quantitative estimate of drug-likeness (QED) is 0.546. The van der Waals surface area contributed by atoms with Crippen LogP contribution in [0.4, 0.5) is 0 Å². The largest absolute Gasteiger partial charge is 0.493 e. The molecule has 3 heterocycles. The molecule has 0 N–H and O–H groups in total.